The maximum absolute atomic E-state index is 11.8. The molecule has 100 valence electrons. The van der Waals surface area contributed by atoms with E-state index in [4.69, 9.17) is 5.26 Å². The van der Waals surface area contributed by atoms with Crippen molar-refractivity contribution in [3.05, 3.63) is 28.2 Å². The molecule has 0 aromatic heterocycles. The molecule has 1 fully saturated rings. The first-order chi connectivity index (χ1) is 9.15. The van der Waals surface area contributed by atoms with Gasteiger partial charge in [-0.25, -0.2) is 0 Å². The highest BCUT2D eigenvalue weighted by Crippen LogP contribution is 2.30. The Kier molecular flexibility index (Phi) is 4.43. The molecule has 1 aromatic rings. The number of hydrogen-bond acceptors (Lipinski definition) is 3. The zero-order valence-corrected chi connectivity index (χ0v) is 12.3. The van der Waals surface area contributed by atoms with Crippen molar-refractivity contribution >= 4 is 27.5 Å². The van der Waals surface area contributed by atoms with Crippen molar-refractivity contribution in [2.45, 2.75) is 25.3 Å². The van der Waals surface area contributed by atoms with E-state index in [0.717, 1.165) is 29.4 Å². The summed E-state index contributed by atoms with van der Waals surface area (Å²) in [4.78, 5) is 11.8. The molecule has 1 saturated carbocycles. The number of amides is 1. The molecule has 4 nitrogen and oxygen atoms in total. The van der Waals surface area contributed by atoms with Gasteiger partial charge in [0.15, 0.2) is 0 Å². The van der Waals surface area contributed by atoms with E-state index < -0.39 is 0 Å². The molecule has 1 amide bonds. The number of anilines is 1. The number of carbonyl (C=O) groups is 1. The lowest BCUT2D eigenvalue weighted by molar-refractivity contribution is -0.124. The van der Waals surface area contributed by atoms with Gasteiger partial charge in [0.05, 0.1) is 17.2 Å². The Balaban J connectivity index is 2.17. The van der Waals surface area contributed by atoms with E-state index in [9.17, 15) is 4.79 Å². The molecule has 0 saturated heterocycles. The van der Waals surface area contributed by atoms with Crippen LogP contribution in [-0.4, -0.2) is 19.0 Å². The van der Waals surface area contributed by atoms with Gasteiger partial charge in [-0.2, -0.15) is 5.26 Å². The summed E-state index contributed by atoms with van der Waals surface area (Å²) >= 11 is 3.35. The summed E-state index contributed by atoms with van der Waals surface area (Å²) in [5.74, 6) is 0.0609. The molecule has 5 heteroatoms. The van der Waals surface area contributed by atoms with Crippen molar-refractivity contribution in [1.82, 2.24) is 5.32 Å². The second-order valence-electron chi connectivity index (χ2n) is 4.70. The van der Waals surface area contributed by atoms with Crippen LogP contribution >= 0.6 is 15.9 Å². The molecule has 1 aliphatic rings. The number of nitrogens with zero attached hydrogens (tertiary/aromatic N) is 1. The topological polar surface area (TPSA) is 64.9 Å². The second kappa shape index (κ2) is 6.07. The SMILES string of the molecule is CNC(=O)C1CCCC1Nc1ccc(Br)cc1C#N. The van der Waals surface area contributed by atoms with Crippen molar-refractivity contribution < 1.29 is 4.79 Å². The van der Waals surface area contributed by atoms with Gasteiger partial charge in [0.25, 0.3) is 0 Å². The molecule has 2 unspecified atom stereocenters. The van der Waals surface area contributed by atoms with Gasteiger partial charge in [0.1, 0.15) is 6.07 Å². The van der Waals surface area contributed by atoms with Crippen LogP contribution in [0.1, 0.15) is 24.8 Å². The van der Waals surface area contributed by atoms with Crippen LogP contribution in [0.3, 0.4) is 0 Å². The average Bonchev–Trinajstić information content (AvgIpc) is 2.88. The minimum absolute atomic E-state index is 0.0137. The van der Waals surface area contributed by atoms with Gasteiger partial charge < -0.3 is 10.6 Å². The predicted molar refractivity (Wildman–Crippen MR) is 77.7 cm³/mol. The number of nitriles is 1. The molecule has 0 radical (unpaired) electrons. The molecule has 0 heterocycles. The molecule has 1 aliphatic carbocycles. The van der Waals surface area contributed by atoms with Crippen LogP contribution in [0.25, 0.3) is 0 Å². The first-order valence-corrected chi connectivity index (χ1v) is 7.12. The van der Waals surface area contributed by atoms with E-state index in [1.54, 1.807) is 13.1 Å². The molecule has 0 aliphatic heterocycles. The van der Waals surface area contributed by atoms with E-state index in [1.165, 1.54) is 0 Å². The Bertz CT molecular complexity index is 524. The Hall–Kier alpha value is -1.54. The number of rotatable bonds is 3. The van der Waals surface area contributed by atoms with Gasteiger partial charge in [-0.15, -0.1) is 0 Å². The Labute approximate surface area is 121 Å². The van der Waals surface area contributed by atoms with Gasteiger partial charge in [0, 0.05) is 17.6 Å². The van der Waals surface area contributed by atoms with Gasteiger partial charge in [-0.1, -0.05) is 22.4 Å². The molecular weight excluding hydrogens is 306 g/mol. The van der Waals surface area contributed by atoms with E-state index in [1.807, 2.05) is 12.1 Å². The standard InChI is InChI=1S/C14H16BrN3O/c1-17-14(19)11-3-2-4-13(11)18-12-6-5-10(15)7-9(12)8-16/h5-7,11,13,18H,2-4H2,1H3,(H,17,19). The molecule has 2 N–H and O–H groups in total. The quantitative estimate of drug-likeness (QED) is 0.899. The third-order valence-corrected chi connectivity index (χ3v) is 4.04. The monoisotopic (exact) mass is 321 g/mol. The highest BCUT2D eigenvalue weighted by Gasteiger charge is 2.32. The molecule has 19 heavy (non-hydrogen) atoms. The van der Waals surface area contributed by atoms with Crippen LogP contribution in [0.2, 0.25) is 0 Å². The summed E-state index contributed by atoms with van der Waals surface area (Å²) in [6.07, 6.45) is 2.89. The van der Waals surface area contributed by atoms with Gasteiger partial charge in [-0.05, 0) is 31.0 Å². The van der Waals surface area contributed by atoms with Gasteiger partial charge in [0.2, 0.25) is 5.91 Å². The minimum atomic E-state index is -0.0137. The number of nitrogens with one attached hydrogen (secondary N) is 2. The fraction of sp³-hybridized carbons (Fsp3) is 0.429. The third-order valence-electron chi connectivity index (χ3n) is 3.54. The lowest BCUT2D eigenvalue weighted by Gasteiger charge is -2.21. The van der Waals surface area contributed by atoms with Crippen LogP contribution in [0, 0.1) is 17.2 Å². The maximum Gasteiger partial charge on any atom is 0.224 e. The highest BCUT2D eigenvalue weighted by atomic mass is 79.9. The van der Waals surface area contributed by atoms with Gasteiger partial charge in [-0.3, -0.25) is 4.79 Å². The van der Waals surface area contributed by atoms with E-state index in [0.29, 0.717) is 5.56 Å². The van der Waals surface area contributed by atoms with Crippen LogP contribution in [-0.2, 0) is 4.79 Å². The minimum Gasteiger partial charge on any atom is -0.380 e. The summed E-state index contributed by atoms with van der Waals surface area (Å²) in [5.41, 5.74) is 1.39. The first-order valence-electron chi connectivity index (χ1n) is 6.33. The number of halogens is 1. The number of hydrogen-bond donors (Lipinski definition) is 2. The zero-order chi connectivity index (χ0) is 13.8. The molecule has 2 atom stereocenters. The molecule has 1 aromatic carbocycles. The van der Waals surface area contributed by atoms with E-state index in [2.05, 4.69) is 32.6 Å². The molecule has 2 rings (SSSR count). The van der Waals surface area contributed by atoms with Crippen LogP contribution in [0.4, 0.5) is 5.69 Å². The van der Waals surface area contributed by atoms with E-state index in [-0.39, 0.29) is 17.9 Å². The van der Waals surface area contributed by atoms with Crippen molar-refractivity contribution in [1.29, 1.82) is 5.26 Å². The summed E-state index contributed by atoms with van der Waals surface area (Å²) in [6.45, 7) is 0. The predicted octanol–water partition coefficient (Wildman–Crippen LogP) is 2.65. The smallest absolute Gasteiger partial charge is 0.224 e. The van der Waals surface area contributed by atoms with Crippen LogP contribution in [0.15, 0.2) is 22.7 Å². The third kappa shape index (κ3) is 3.07. The molecule has 0 bridgehead atoms. The molecular formula is C14H16BrN3O. The summed E-state index contributed by atoms with van der Waals surface area (Å²) in [5, 5.41) is 15.2. The summed E-state index contributed by atoms with van der Waals surface area (Å²) in [6, 6.07) is 7.84. The summed E-state index contributed by atoms with van der Waals surface area (Å²) in [7, 11) is 1.66. The Morgan fingerprint density at radius 2 is 2.26 bits per heavy atom. The van der Waals surface area contributed by atoms with Crippen LogP contribution in [0.5, 0.6) is 0 Å². The molecule has 0 spiro atoms. The van der Waals surface area contributed by atoms with Crippen molar-refractivity contribution in [3.63, 3.8) is 0 Å². The van der Waals surface area contributed by atoms with Crippen molar-refractivity contribution in [2.75, 3.05) is 12.4 Å². The highest BCUT2D eigenvalue weighted by molar-refractivity contribution is 9.10. The Morgan fingerprint density at radius 1 is 1.47 bits per heavy atom. The Morgan fingerprint density at radius 3 is 2.95 bits per heavy atom. The largest absolute Gasteiger partial charge is 0.380 e. The number of benzene rings is 1. The average molecular weight is 322 g/mol. The van der Waals surface area contributed by atoms with Crippen molar-refractivity contribution in [2.24, 2.45) is 5.92 Å². The zero-order valence-electron chi connectivity index (χ0n) is 10.7. The lowest BCUT2D eigenvalue weighted by atomic mass is 10.0. The number of carbonyl (C=O) groups excluding carboxylic acids is 1. The fourth-order valence-electron chi connectivity index (χ4n) is 2.57. The normalized spacial score (nSPS) is 21.7. The van der Waals surface area contributed by atoms with E-state index >= 15 is 0 Å². The second-order valence-corrected chi connectivity index (χ2v) is 5.62. The summed E-state index contributed by atoms with van der Waals surface area (Å²) < 4.78 is 0.879. The lowest BCUT2D eigenvalue weighted by Crippen LogP contribution is -2.36. The van der Waals surface area contributed by atoms with Crippen molar-refractivity contribution in [3.8, 4) is 6.07 Å². The van der Waals surface area contributed by atoms with Crippen LogP contribution < -0.4 is 10.6 Å². The maximum atomic E-state index is 11.8. The first kappa shape index (κ1) is 13.9. The van der Waals surface area contributed by atoms with Gasteiger partial charge >= 0.3 is 0 Å². The fourth-order valence-corrected chi connectivity index (χ4v) is 2.93.